The first kappa shape index (κ1) is 32.6. The Morgan fingerprint density at radius 1 is 0.976 bits per heavy atom. The molecule has 224 valence electrons. The van der Waals surface area contributed by atoms with Crippen LogP contribution in [0.4, 0.5) is 13.2 Å². The molecule has 1 saturated heterocycles. The summed E-state index contributed by atoms with van der Waals surface area (Å²) in [6.45, 7) is 7.80. The summed E-state index contributed by atoms with van der Waals surface area (Å²) in [7, 11) is 1.78. The summed E-state index contributed by atoms with van der Waals surface area (Å²) in [5.41, 5.74) is 1.08. The molecule has 1 aliphatic heterocycles. The Bertz CT molecular complexity index is 1130. The van der Waals surface area contributed by atoms with Gasteiger partial charge in [-0.1, -0.05) is 69.0 Å². The minimum absolute atomic E-state index is 0.203. The van der Waals surface area contributed by atoms with Gasteiger partial charge in [-0.3, -0.25) is 4.79 Å². The standard InChI is InChI=1S/C25H41N3O.C8H4F3N/c1-25(24(29)26-2,23-12-5-3-6-13-23)19-21-10-9-11-22(18-21)20-27-14-17-28-15-7-4-8-16-28;9-8(10,11)7-4-2-1-3-6(7)5-12/h9-11,18,23,27H,3-8,12-17,19-20H2,1-2H3,(H,26,29);1-4H. The fourth-order valence-electron chi connectivity index (χ4n) is 6.19. The number of piperidine rings is 1. The molecule has 0 aromatic heterocycles. The van der Waals surface area contributed by atoms with E-state index in [0.29, 0.717) is 5.92 Å². The number of nitrogens with one attached hydrogen (secondary N) is 2. The average Bonchev–Trinajstić information content (AvgIpc) is 3.00. The van der Waals surface area contributed by atoms with Crippen LogP contribution in [0.2, 0.25) is 0 Å². The van der Waals surface area contributed by atoms with Gasteiger partial charge in [0.25, 0.3) is 0 Å². The summed E-state index contributed by atoms with van der Waals surface area (Å²) in [4.78, 5) is 15.4. The highest BCUT2D eigenvalue weighted by Crippen LogP contribution is 2.41. The number of halogens is 3. The lowest BCUT2D eigenvalue weighted by Gasteiger charge is -2.38. The second kappa shape index (κ2) is 15.9. The molecule has 2 aliphatic rings. The van der Waals surface area contributed by atoms with Crippen LogP contribution in [-0.4, -0.2) is 44.0 Å². The number of carbonyl (C=O) groups is 1. The molecule has 2 N–H and O–H groups in total. The van der Waals surface area contributed by atoms with Crippen LogP contribution >= 0.6 is 0 Å². The number of alkyl halides is 3. The SMILES string of the molecule is CNC(=O)C(C)(Cc1cccc(CNCCN2CCCCC2)c1)C1CCCCC1.N#Cc1ccccc1C(F)(F)F. The first-order valence-electron chi connectivity index (χ1n) is 15.0. The van der Waals surface area contributed by atoms with Crippen LogP contribution < -0.4 is 10.6 Å². The Kier molecular flexibility index (Phi) is 12.7. The van der Waals surface area contributed by atoms with Crippen LogP contribution in [0.5, 0.6) is 0 Å². The minimum atomic E-state index is -4.44. The van der Waals surface area contributed by atoms with Gasteiger partial charge in [-0.25, -0.2) is 0 Å². The van der Waals surface area contributed by atoms with E-state index in [-0.39, 0.29) is 16.9 Å². The highest BCUT2D eigenvalue weighted by atomic mass is 19.4. The number of hydrogen-bond donors (Lipinski definition) is 2. The number of likely N-dealkylation sites (tertiary alicyclic amines) is 1. The maximum absolute atomic E-state index is 12.9. The zero-order chi connectivity index (χ0) is 29.7. The number of carbonyl (C=O) groups excluding carboxylic acids is 1. The lowest BCUT2D eigenvalue weighted by Crippen LogP contribution is -2.45. The molecule has 1 saturated carbocycles. The van der Waals surface area contributed by atoms with Crippen molar-refractivity contribution in [2.24, 2.45) is 11.3 Å². The molecule has 2 aromatic carbocycles. The second-order valence-electron chi connectivity index (χ2n) is 11.6. The topological polar surface area (TPSA) is 68.2 Å². The third-order valence-corrected chi connectivity index (χ3v) is 8.55. The van der Waals surface area contributed by atoms with Gasteiger partial charge in [0.1, 0.15) is 0 Å². The smallest absolute Gasteiger partial charge is 0.359 e. The number of hydrogen-bond acceptors (Lipinski definition) is 4. The fourth-order valence-corrected chi connectivity index (χ4v) is 6.19. The molecule has 1 aliphatic carbocycles. The molecule has 2 fully saturated rings. The molecule has 0 bridgehead atoms. The molecular formula is C33H45F3N4O. The van der Waals surface area contributed by atoms with Gasteiger partial charge in [-0.15, -0.1) is 0 Å². The van der Waals surface area contributed by atoms with E-state index < -0.39 is 11.7 Å². The molecule has 41 heavy (non-hydrogen) atoms. The van der Waals surface area contributed by atoms with E-state index in [0.717, 1.165) is 38.2 Å². The predicted molar refractivity (Wildman–Crippen MR) is 157 cm³/mol. The first-order valence-corrected chi connectivity index (χ1v) is 15.0. The van der Waals surface area contributed by atoms with E-state index in [1.165, 1.54) is 93.8 Å². The van der Waals surface area contributed by atoms with Crippen molar-refractivity contribution in [1.82, 2.24) is 15.5 Å². The maximum atomic E-state index is 12.9. The molecule has 4 rings (SSSR count). The first-order chi connectivity index (χ1) is 19.7. The molecule has 1 heterocycles. The van der Waals surface area contributed by atoms with Gasteiger partial charge in [0.15, 0.2) is 0 Å². The van der Waals surface area contributed by atoms with E-state index in [2.05, 4.69) is 46.7 Å². The Hall–Kier alpha value is -2.89. The van der Waals surface area contributed by atoms with Crippen molar-refractivity contribution in [3.05, 3.63) is 70.8 Å². The normalized spacial score (nSPS) is 18.0. The lowest BCUT2D eigenvalue weighted by atomic mass is 9.66. The summed E-state index contributed by atoms with van der Waals surface area (Å²) in [6.07, 6.45) is 6.71. The Morgan fingerprint density at radius 2 is 1.63 bits per heavy atom. The zero-order valence-electron chi connectivity index (χ0n) is 24.5. The van der Waals surface area contributed by atoms with Crippen LogP contribution in [0.1, 0.15) is 80.5 Å². The van der Waals surface area contributed by atoms with Crippen molar-refractivity contribution in [3.8, 4) is 6.07 Å². The van der Waals surface area contributed by atoms with Crippen LogP contribution in [0.3, 0.4) is 0 Å². The van der Waals surface area contributed by atoms with Crippen molar-refractivity contribution < 1.29 is 18.0 Å². The highest BCUT2D eigenvalue weighted by Gasteiger charge is 2.41. The second-order valence-corrected chi connectivity index (χ2v) is 11.6. The third-order valence-electron chi connectivity index (χ3n) is 8.55. The van der Waals surface area contributed by atoms with E-state index in [1.54, 1.807) is 7.05 Å². The summed E-state index contributed by atoms with van der Waals surface area (Å²) >= 11 is 0. The summed E-state index contributed by atoms with van der Waals surface area (Å²) < 4.78 is 36.3. The molecule has 1 amide bonds. The van der Waals surface area contributed by atoms with Crippen molar-refractivity contribution >= 4 is 5.91 Å². The molecule has 2 aromatic rings. The van der Waals surface area contributed by atoms with Crippen LogP contribution in [-0.2, 0) is 23.9 Å². The number of rotatable bonds is 9. The Labute approximate surface area is 243 Å². The molecule has 5 nitrogen and oxygen atoms in total. The van der Waals surface area contributed by atoms with Crippen molar-refractivity contribution in [1.29, 1.82) is 5.26 Å². The van der Waals surface area contributed by atoms with Crippen LogP contribution in [0, 0.1) is 22.7 Å². The summed E-state index contributed by atoms with van der Waals surface area (Å²) in [5.74, 6) is 0.692. The predicted octanol–water partition coefficient (Wildman–Crippen LogP) is 6.71. The monoisotopic (exact) mass is 570 g/mol. The number of benzene rings is 2. The molecular weight excluding hydrogens is 525 g/mol. The largest absolute Gasteiger partial charge is 0.417 e. The van der Waals surface area contributed by atoms with Crippen LogP contribution in [0.25, 0.3) is 0 Å². The van der Waals surface area contributed by atoms with Gasteiger partial charge in [0.2, 0.25) is 5.91 Å². The fraction of sp³-hybridized carbons (Fsp3) is 0.576. The molecule has 0 spiro atoms. The molecule has 8 heteroatoms. The molecule has 1 unspecified atom stereocenters. The van der Waals surface area contributed by atoms with Gasteiger partial charge < -0.3 is 15.5 Å². The van der Waals surface area contributed by atoms with E-state index in [4.69, 9.17) is 5.26 Å². The van der Waals surface area contributed by atoms with Crippen molar-refractivity contribution in [3.63, 3.8) is 0 Å². The Morgan fingerprint density at radius 3 is 2.27 bits per heavy atom. The van der Waals surface area contributed by atoms with Gasteiger partial charge in [0.05, 0.1) is 22.6 Å². The average molecular weight is 571 g/mol. The van der Waals surface area contributed by atoms with Crippen molar-refractivity contribution in [2.75, 3.05) is 33.2 Å². The summed E-state index contributed by atoms with van der Waals surface area (Å²) in [5, 5.41) is 14.9. The van der Waals surface area contributed by atoms with Gasteiger partial charge in [0, 0.05) is 26.7 Å². The van der Waals surface area contributed by atoms with E-state index in [1.807, 2.05) is 0 Å². The quantitative estimate of drug-likeness (QED) is 0.329. The third kappa shape index (κ3) is 9.86. The number of amides is 1. The van der Waals surface area contributed by atoms with E-state index >= 15 is 0 Å². The van der Waals surface area contributed by atoms with Crippen molar-refractivity contribution in [2.45, 2.75) is 77.4 Å². The lowest BCUT2D eigenvalue weighted by molar-refractivity contribution is -0.137. The van der Waals surface area contributed by atoms with Gasteiger partial charge in [-0.2, -0.15) is 18.4 Å². The molecule has 0 radical (unpaired) electrons. The summed E-state index contributed by atoms with van der Waals surface area (Å²) in [6, 6.07) is 15.0. The van der Waals surface area contributed by atoms with Crippen LogP contribution in [0.15, 0.2) is 48.5 Å². The number of nitrogens with zero attached hydrogens (tertiary/aromatic N) is 2. The van der Waals surface area contributed by atoms with E-state index in [9.17, 15) is 18.0 Å². The maximum Gasteiger partial charge on any atom is 0.417 e. The molecule has 1 atom stereocenters. The van der Waals surface area contributed by atoms with Gasteiger partial charge in [-0.05, 0) is 74.4 Å². The highest BCUT2D eigenvalue weighted by molar-refractivity contribution is 5.82. The Balaban J connectivity index is 0.000000322. The zero-order valence-corrected chi connectivity index (χ0v) is 24.5. The number of nitriles is 1. The minimum Gasteiger partial charge on any atom is -0.359 e. The van der Waals surface area contributed by atoms with Gasteiger partial charge >= 0.3 is 6.18 Å².